The number of rotatable bonds is 4. The SMILES string of the molecule is CCC(Oc1ccc2cc[nH]c2c1)C(=O)O. The van der Waals surface area contributed by atoms with Crippen LogP contribution in [-0.2, 0) is 4.79 Å². The standard InChI is InChI=1S/C12H13NO3/c1-2-11(12(14)15)16-9-4-3-8-5-6-13-10(8)7-9/h3-7,11,13H,2H2,1H3,(H,14,15). The molecule has 0 fully saturated rings. The smallest absolute Gasteiger partial charge is 0.344 e. The largest absolute Gasteiger partial charge is 0.479 e. The normalized spacial score (nSPS) is 12.6. The summed E-state index contributed by atoms with van der Waals surface area (Å²) in [6, 6.07) is 7.44. The van der Waals surface area contributed by atoms with E-state index in [-0.39, 0.29) is 0 Å². The quantitative estimate of drug-likeness (QED) is 0.830. The summed E-state index contributed by atoms with van der Waals surface area (Å²) < 4.78 is 5.38. The van der Waals surface area contributed by atoms with Crippen LogP contribution in [0.2, 0.25) is 0 Å². The summed E-state index contributed by atoms with van der Waals surface area (Å²) in [7, 11) is 0. The lowest BCUT2D eigenvalue weighted by Crippen LogP contribution is -2.25. The molecular formula is C12H13NO3. The van der Waals surface area contributed by atoms with Crippen molar-refractivity contribution in [2.45, 2.75) is 19.4 Å². The van der Waals surface area contributed by atoms with Crippen molar-refractivity contribution < 1.29 is 14.6 Å². The fourth-order valence-electron chi connectivity index (χ4n) is 1.57. The van der Waals surface area contributed by atoms with Crippen molar-refractivity contribution in [2.75, 3.05) is 0 Å². The molecule has 4 nitrogen and oxygen atoms in total. The molecule has 2 aromatic rings. The Morgan fingerprint density at radius 2 is 2.31 bits per heavy atom. The summed E-state index contributed by atoms with van der Waals surface area (Å²) in [6.07, 6.45) is 1.49. The highest BCUT2D eigenvalue weighted by molar-refractivity contribution is 5.81. The number of benzene rings is 1. The van der Waals surface area contributed by atoms with E-state index in [0.29, 0.717) is 12.2 Å². The minimum atomic E-state index is -0.936. The molecule has 0 saturated carbocycles. The highest BCUT2D eigenvalue weighted by atomic mass is 16.5. The molecule has 1 heterocycles. The number of hydrogen-bond acceptors (Lipinski definition) is 2. The molecule has 2 N–H and O–H groups in total. The number of carboxylic acid groups (broad SMARTS) is 1. The van der Waals surface area contributed by atoms with Gasteiger partial charge in [-0.2, -0.15) is 0 Å². The van der Waals surface area contributed by atoms with E-state index in [2.05, 4.69) is 4.98 Å². The molecule has 1 atom stereocenters. The van der Waals surface area contributed by atoms with Gasteiger partial charge in [0, 0.05) is 17.8 Å². The van der Waals surface area contributed by atoms with Crippen LogP contribution in [0, 0.1) is 0 Å². The lowest BCUT2D eigenvalue weighted by molar-refractivity contribution is -0.145. The second kappa shape index (κ2) is 4.26. The van der Waals surface area contributed by atoms with Crippen LogP contribution in [0.25, 0.3) is 10.9 Å². The van der Waals surface area contributed by atoms with E-state index < -0.39 is 12.1 Å². The number of carboxylic acids is 1. The third kappa shape index (κ3) is 2.00. The molecular weight excluding hydrogens is 206 g/mol. The van der Waals surface area contributed by atoms with Gasteiger partial charge >= 0.3 is 5.97 Å². The molecule has 0 bridgehead atoms. The van der Waals surface area contributed by atoms with Crippen LogP contribution in [0.15, 0.2) is 30.5 Å². The van der Waals surface area contributed by atoms with E-state index in [4.69, 9.17) is 9.84 Å². The molecule has 16 heavy (non-hydrogen) atoms. The minimum absolute atomic E-state index is 0.443. The fourth-order valence-corrected chi connectivity index (χ4v) is 1.57. The summed E-state index contributed by atoms with van der Waals surface area (Å²) in [4.78, 5) is 13.9. The van der Waals surface area contributed by atoms with Crippen LogP contribution >= 0.6 is 0 Å². The van der Waals surface area contributed by atoms with Crippen LogP contribution in [0.5, 0.6) is 5.75 Å². The number of nitrogens with one attached hydrogen (secondary N) is 1. The van der Waals surface area contributed by atoms with E-state index in [1.165, 1.54) is 0 Å². The number of fused-ring (bicyclic) bond motifs is 1. The maximum atomic E-state index is 10.8. The number of ether oxygens (including phenoxy) is 1. The third-order valence-electron chi connectivity index (χ3n) is 2.45. The first-order chi connectivity index (χ1) is 7.70. The zero-order valence-corrected chi connectivity index (χ0v) is 8.93. The number of aliphatic carboxylic acids is 1. The Hall–Kier alpha value is -1.97. The molecule has 0 aliphatic heterocycles. The van der Waals surface area contributed by atoms with Gasteiger partial charge in [-0.25, -0.2) is 4.79 Å². The topological polar surface area (TPSA) is 62.3 Å². The van der Waals surface area contributed by atoms with Crippen molar-refractivity contribution in [1.82, 2.24) is 4.98 Å². The summed E-state index contributed by atoms with van der Waals surface area (Å²) >= 11 is 0. The second-order valence-electron chi connectivity index (χ2n) is 3.58. The lowest BCUT2D eigenvalue weighted by atomic mass is 10.2. The minimum Gasteiger partial charge on any atom is -0.479 e. The molecule has 0 aliphatic rings. The van der Waals surface area contributed by atoms with Crippen LogP contribution < -0.4 is 4.74 Å². The maximum Gasteiger partial charge on any atom is 0.344 e. The molecule has 2 rings (SSSR count). The predicted molar refractivity (Wildman–Crippen MR) is 60.6 cm³/mol. The Morgan fingerprint density at radius 3 is 3.00 bits per heavy atom. The first-order valence-corrected chi connectivity index (χ1v) is 5.17. The summed E-state index contributed by atoms with van der Waals surface area (Å²) in [5.41, 5.74) is 0.942. The molecule has 1 aromatic carbocycles. The van der Waals surface area contributed by atoms with Crippen molar-refractivity contribution in [3.63, 3.8) is 0 Å². The number of H-pyrrole nitrogens is 1. The Balaban J connectivity index is 2.23. The summed E-state index contributed by atoms with van der Waals surface area (Å²) in [6.45, 7) is 1.78. The van der Waals surface area contributed by atoms with Gasteiger partial charge in [-0.05, 0) is 30.0 Å². The van der Waals surface area contributed by atoms with Gasteiger partial charge in [-0.15, -0.1) is 0 Å². The molecule has 1 unspecified atom stereocenters. The number of aromatic amines is 1. The molecule has 0 saturated heterocycles. The van der Waals surface area contributed by atoms with Crippen molar-refractivity contribution in [3.8, 4) is 5.75 Å². The van der Waals surface area contributed by atoms with E-state index in [1.807, 2.05) is 18.3 Å². The Kier molecular flexibility index (Phi) is 2.81. The summed E-state index contributed by atoms with van der Waals surface area (Å²) in [5.74, 6) is -0.363. The zero-order chi connectivity index (χ0) is 11.5. The average molecular weight is 219 g/mol. The van der Waals surface area contributed by atoms with Crippen LogP contribution in [0.4, 0.5) is 0 Å². The van der Waals surface area contributed by atoms with Gasteiger partial charge in [0.1, 0.15) is 5.75 Å². The number of hydrogen-bond donors (Lipinski definition) is 2. The molecule has 4 heteroatoms. The van der Waals surface area contributed by atoms with Gasteiger partial charge in [0.25, 0.3) is 0 Å². The first kappa shape index (κ1) is 10.5. The van der Waals surface area contributed by atoms with Gasteiger partial charge in [0.05, 0.1) is 0 Å². The molecule has 0 amide bonds. The molecule has 0 spiro atoms. The van der Waals surface area contributed by atoms with Crippen molar-refractivity contribution >= 4 is 16.9 Å². The van der Waals surface area contributed by atoms with Crippen molar-refractivity contribution in [3.05, 3.63) is 30.5 Å². The van der Waals surface area contributed by atoms with Crippen LogP contribution in [-0.4, -0.2) is 22.2 Å². The molecule has 0 aliphatic carbocycles. The van der Waals surface area contributed by atoms with E-state index in [9.17, 15) is 4.79 Å². The summed E-state index contributed by atoms with van der Waals surface area (Å²) in [5, 5.41) is 9.95. The zero-order valence-electron chi connectivity index (χ0n) is 8.93. The molecule has 1 aromatic heterocycles. The Bertz CT molecular complexity index is 504. The number of aromatic nitrogens is 1. The monoisotopic (exact) mass is 219 g/mol. The van der Waals surface area contributed by atoms with Gasteiger partial charge in [-0.1, -0.05) is 6.92 Å². The third-order valence-corrected chi connectivity index (χ3v) is 2.45. The lowest BCUT2D eigenvalue weighted by Gasteiger charge is -2.12. The number of carbonyl (C=O) groups is 1. The van der Waals surface area contributed by atoms with Crippen LogP contribution in [0.1, 0.15) is 13.3 Å². The van der Waals surface area contributed by atoms with Gasteiger partial charge < -0.3 is 14.8 Å². The first-order valence-electron chi connectivity index (χ1n) is 5.17. The van der Waals surface area contributed by atoms with E-state index in [1.54, 1.807) is 19.1 Å². The van der Waals surface area contributed by atoms with Gasteiger partial charge in [0.2, 0.25) is 0 Å². The van der Waals surface area contributed by atoms with E-state index >= 15 is 0 Å². The Morgan fingerprint density at radius 1 is 1.50 bits per heavy atom. The molecule has 0 radical (unpaired) electrons. The average Bonchev–Trinajstić information content (AvgIpc) is 2.72. The van der Waals surface area contributed by atoms with Crippen LogP contribution in [0.3, 0.4) is 0 Å². The Labute approximate surface area is 92.9 Å². The van der Waals surface area contributed by atoms with Crippen molar-refractivity contribution in [2.24, 2.45) is 0 Å². The maximum absolute atomic E-state index is 10.8. The van der Waals surface area contributed by atoms with Gasteiger partial charge in [0.15, 0.2) is 6.10 Å². The van der Waals surface area contributed by atoms with Crippen molar-refractivity contribution in [1.29, 1.82) is 0 Å². The van der Waals surface area contributed by atoms with E-state index in [0.717, 1.165) is 10.9 Å². The van der Waals surface area contributed by atoms with Gasteiger partial charge in [-0.3, -0.25) is 0 Å². The molecule has 84 valence electrons. The highest BCUT2D eigenvalue weighted by Gasteiger charge is 2.16. The fraction of sp³-hybridized carbons (Fsp3) is 0.250. The predicted octanol–water partition coefficient (Wildman–Crippen LogP) is 2.41. The second-order valence-corrected chi connectivity index (χ2v) is 3.58. The highest BCUT2D eigenvalue weighted by Crippen LogP contribution is 2.20.